The highest BCUT2D eigenvalue weighted by Gasteiger charge is 2.14. The maximum absolute atomic E-state index is 12.5. The van der Waals surface area contributed by atoms with Crippen molar-refractivity contribution >= 4 is 10.8 Å². The summed E-state index contributed by atoms with van der Waals surface area (Å²) < 4.78 is 23.3. The molecule has 0 aliphatic carbocycles. The first-order valence-electron chi connectivity index (χ1n) is 3.28. The maximum Gasteiger partial charge on any atom is 0.112 e. The van der Waals surface area contributed by atoms with E-state index in [1.807, 2.05) is 0 Å². The Morgan fingerprint density at radius 3 is 3.00 bits per heavy atom. The van der Waals surface area contributed by atoms with E-state index in [2.05, 4.69) is 0 Å². The largest absolute Gasteiger partial charge is 0.259 e. The van der Waals surface area contributed by atoms with Crippen LogP contribution < -0.4 is 0 Å². The van der Waals surface area contributed by atoms with Gasteiger partial charge in [-0.15, -0.1) is 0 Å². The summed E-state index contributed by atoms with van der Waals surface area (Å²) in [6.07, 6.45) is 1.67. The first-order valence-corrected chi connectivity index (χ1v) is 4.77. The van der Waals surface area contributed by atoms with Crippen LogP contribution in [0.4, 0.5) is 4.39 Å². The summed E-state index contributed by atoms with van der Waals surface area (Å²) in [5.74, 6) is 0.987. The van der Waals surface area contributed by atoms with Crippen LogP contribution in [0.1, 0.15) is 19.3 Å². The van der Waals surface area contributed by atoms with E-state index in [4.69, 9.17) is 0 Å². The fourth-order valence-electron chi connectivity index (χ4n) is 0.997. The van der Waals surface area contributed by atoms with Crippen LogP contribution >= 0.6 is 0 Å². The minimum Gasteiger partial charge on any atom is -0.259 e. The van der Waals surface area contributed by atoms with E-state index in [-0.39, 0.29) is 5.75 Å². The quantitative estimate of drug-likeness (QED) is 0.508. The predicted octanol–water partition coefficient (Wildman–Crippen LogP) is 1.26. The van der Waals surface area contributed by atoms with Crippen LogP contribution in [0.15, 0.2) is 0 Å². The number of alkyl halides is 1. The molecule has 0 aromatic carbocycles. The van der Waals surface area contributed by atoms with Crippen molar-refractivity contribution in [2.45, 2.75) is 25.4 Å². The molecule has 1 aliphatic heterocycles. The Morgan fingerprint density at radius 1 is 1.44 bits per heavy atom. The summed E-state index contributed by atoms with van der Waals surface area (Å²) in [5, 5.41) is 0. The van der Waals surface area contributed by atoms with Crippen molar-refractivity contribution in [3.8, 4) is 0 Å². The summed E-state index contributed by atoms with van der Waals surface area (Å²) in [6.45, 7) is 0. The molecule has 1 aliphatic rings. The molecule has 1 heterocycles. The Balaban J connectivity index is 2.37. The molecular formula is C6H11FOS. The van der Waals surface area contributed by atoms with E-state index in [0.717, 1.165) is 12.8 Å². The third-order valence-electron chi connectivity index (χ3n) is 1.51. The predicted molar refractivity (Wildman–Crippen MR) is 36.6 cm³/mol. The van der Waals surface area contributed by atoms with Gasteiger partial charge in [0.15, 0.2) is 0 Å². The van der Waals surface area contributed by atoms with E-state index in [0.29, 0.717) is 12.2 Å². The molecule has 0 spiro atoms. The second-order valence-corrected chi connectivity index (χ2v) is 4.02. The lowest BCUT2D eigenvalue weighted by atomic mass is 10.2. The molecule has 1 saturated heterocycles. The molecule has 0 amide bonds. The van der Waals surface area contributed by atoms with Crippen LogP contribution in [0.25, 0.3) is 0 Å². The van der Waals surface area contributed by atoms with Gasteiger partial charge in [0.1, 0.15) is 6.17 Å². The molecule has 0 saturated carbocycles. The molecule has 1 fully saturated rings. The fourth-order valence-corrected chi connectivity index (χ4v) is 2.26. The number of hydrogen-bond donors (Lipinski definition) is 0. The lowest BCUT2D eigenvalue weighted by Crippen LogP contribution is -2.09. The van der Waals surface area contributed by atoms with Crippen LogP contribution in [-0.4, -0.2) is 21.9 Å². The molecule has 2 atom stereocenters. The second kappa shape index (κ2) is 3.30. The average molecular weight is 150 g/mol. The Hall–Kier alpha value is 0.0800. The van der Waals surface area contributed by atoms with Gasteiger partial charge in [-0.2, -0.15) is 0 Å². The highest BCUT2D eigenvalue weighted by Crippen LogP contribution is 2.11. The number of hydrogen-bond acceptors (Lipinski definition) is 1. The summed E-state index contributed by atoms with van der Waals surface area (Å²) in [7, 11) is -0.863. The molecule has 2 unspecified atom stereocenters. The van der Waals surface area contributed by atoms with Crippen molar-refractivity contribution in [3.63, 3.8) is 0 Å². The molecule has 1 rings (SSSR count). The van der Waals surface area contributed by atoms with Gasteiger partial charge in [-0.05, 0) is 19.3 Å². The first kappa shape index (κ1) is 7.19. The Morgan fingerprint density at radius 2 is 2.22 bits per heavy atom. The van der Waals surface area contributed by atoms with Gasteiger partial charge in [0, 0.05) is 16.6 Å². The Bertz CT molecular complexity index is 116. The van der Waals surface area contributed by atoms with E-state index < -0.39 is 17.0 Å². The monoisotopic (exact) mass is 150 g/mol. The molecule has 0 bridgehead atoms. The normalized spacial score (nSPS) is 37.9. The van der Waals surface area contributed by atoms with Crippen LogP contribution in [0.2, 0.25) is 0 Å². The van der Waals surface area contributed by atoms with E-state index in [1.165, 1.54) is 0 Å². The van der Waals surface area contributed by atoms with Crippen LogP contribution in [0.3, 0.4) is 0 Å². The first-order chi connectivity index (χ1) is 4.29. The summed E-state index contributed by atoms with van der Waals surface area (Å²) >= 11 is 0. The minimum atomic E-state index is -0.863. The third kappa shape index (κ3) is 2.43. The van der Waals surface area contributed by atoms with Crippen molar-refractivity contribution in [1.29, 1.82) is 0 Å². The second-order valence-electron chi connectivity index (χ2n) is 2.40. The Kier molecular flexibility index (Phi) is 2.64. The van der Waals surface area contributed by atoms with Gasteiger partial charge < -0.3 is 0 Å². The average Bonchev–Trinajstić information content (AvgIpc) is 1.93. The molecule has 9 heavy (non-hydrogen) atoms. The van der Waals surface area contributed by atoms with Crippen molar-refractivity contribution in [2.24, 2.45) is 0 Å². The van der Waals surface area contributed by atoms with Crippen LogP contribution in [0.5, 0.6) is 0 Å². The molecule has 54 valence electrons. The topological polar surface area (TPSA) is 17.1 Å². The summed E-state index contributed by atoms with van der Waals surface area (Å²) in [4.78, 5) is 0. The lowest BCUT2D eigenvalue weighted by molar-refractivity contribution is 0.342. The minimum absolute atomic E-state index is 0.278. The lowest BCUT2D eigenvalue weighted by Gasteiger charge is -1.98. The molecule has 0 aromatic rings. The van der Waals surface area contributed by atoms with Crippen LogP contribution in [0, 0.1) is 0 Å². The third-order valence-corrected chi connectivity index (χ3v) is 2.98. The van der Waals surface area contributed by atoms with Crippen molar-refractivity contribution in [3.05, 3.63) is 0 Å². The van der Waals surface area contributed by atoms with Crippen molar-refractivity contribution < 1.29 is 8.60 Å². The molecule has 1 nitrogen and oxygen atoms in total. The zero-order valence-corrected chi connectivity index (χ0v) is 6.12. The van der Waals surface area contributed by atoms with Gasteiger partial charge >= 0.3 is 0 Å². The standard InChI is InChI=1S/C6H11FOS/c7-6-3-1-2-4-9(8)5-6/h6H,1-5H2. The Labute approximate surface area is 57.1 Å². The van der Waals surface area contributed by atoms with Gasteiger partial charge in [-0.1, -0.05) is 0 Å². The van der Waals surface area contributed by atoms with Gasteiger partial charge in [-0.25, -0.2) is 4.39 Å². The van der Waals surface area contributed by atoms with Crippen molar-refractivity contribution in [1.82, 2.24) is 0 Å². The molecule has 0 N–H and O–H groups in total. The SMILES string of the molecule is O=S1CCCCC(F)C1. The smallest absolute Gasteiger partial charge is 0.112 e. The van der Waals surface area contributed by atoms with Crippen molar-refractivity contribution in [2.75, 3.05) is 11.5 Å². The van der Waals surface area contributed by atoms with Gasteiger partial charge in [0.2, 0.25) is 0 Å². The zero-order chi connectivity index (χ0) is 6.69. The highest BCUT2D eigenvalue weighted by molar-refractivity contribution is 7.85. The van der Waals surface area contributed by atoms with Gasteiger partial charge in [0.05, 0.1) is 5.75 Å². The molecule has 0 aromatic heterocycles. The van der Waals surface area contributed by atoms with E-state index >= 15 is 0 Å². The highest BCUT2D eigenvalue weighted by atomic mass is 32.2. The molecule has 0 radical (unpaired) electrons. The number of rotatable bonds is 0. The zero-order valence-electron chi connectivity index (χ0n) is 5.31. The van der Waals surface area contributed by atoms with Gasteiger partial charge in [0.25, 0.3) is 0 Å². The molecular weight excluding hydrogens is 139 g/mol. The maximum atomic E-state index is 12.5. The van der Waals surface area contributed by atoms with Gasteiger partial charge in [-0.3, -0.25) is 4.21 Å². The summed E-state index contributed by atoms with van der Waals surface area (Å²) in [6, 6.07) is 0. The summed E-state index contributed by atoms with van der Waals surface area (Å²) in [5.41, 5.74) is 0. The van der Waals surface area contributed by atoms with Crippen LogP contribution in [-0.2, 0) is 10.8 Å². The van der Waals surface area contributed by atoms with E-state index in [9.17, 15) is 8.60 Å². The molecule has 3 heteroatoms. The number of halogens is 1. The fraction of sp³-hybridized carbons (Fsp3) is 1.00. The van der Waals surface area contributed by atoms with E-state index in [1.54, 1.807) is 0 Å².